The van der Waals surface area contributed by atoms with Crippen molar-refractivity contribution in [3.8, 4) is 5.75 Å². The molecule has 0 bridgehead atoms. The van der Waals surface area contributed by atoms with E-state index in [1.54, 1.807) is 7.11 Å². The highest BCUT2D eigenvalue weighted by molar-refractivity contribution is 5.44. The van der Waals surface area contributed by atoms with E-state index in [0.717, 1.165) is 31.4 Å². The Morgan fingerprint density at radius 2 is 1.85 bits per heavy atom. The van der Waals surface area contributed by atoms with Crippen LogP contribution in [0.1, 0.15) is 76.5 Å². The molecule has 0 N–H and O–H groups in total. The number of hydrogen-bond acceptors (Lipinski definition) is 2. The molecule has 0 unspecified atom stereocenters. The van der Waals surface area contributed by atoms with Crippen LogP contribution in [0.5, 0.6) is 5.75 Å². The van der Waals surface area contributed by atoms with Crippen molar-refractivity contribution in [2.45, 2.75) is 79.6 Å². The second-order valence-corrected chi connectivity index (χ2v) is 7.47. The van der Waals surface area contributed by atoms with Crippen molar-refractivity contribution in [3.05, 3.63) is 52.1 Å². The van der Waals surface area contributed by atoms with Gasteiger partial charge in [0.1, 0.15) is 5.75 Å². The van der Waals surface area contributed by atoms with Crippen molar-refractivity contribution < 1.29 is 9.47 Å². The summed E-state index contributed by atoms with van der Waals surface area (Å²) < 4.78 is 11.0. The van der Waals surface area contributed by atoms with Crippen molar-refractivity contribution >= 4 is 0 Å². The summed E-state index contributed by atoms with van der Waals surface area (Å²) in [5, 5.41) is 0. The Labute approximate surface area is 161 Å². The van der Waals surface area contributed by atoms with Gasteiger partial charge in [-0.3, -0.25) is 0 Å². The average Bonchev–Trinajstić information content (AvgIpc) is 2.58. The van der Waals surface area contributed by atoms with Crippen molar-refractivity contribution in [3.63, 3.8) is 0 Å². The van der Waals surface area contributed by atoms with Gasteiger partial charge in [-0.1, -0.05) is 49.1 Å². The Morgan fingerprint density at radius 3 is 2.50 bits per heavy atom. The van der Waals surface area contributed by atoms with Crippen LogP contribution in [0.3, 0.4) is 0 Å². The largest absolute Gasteiger partial charge is 0.467 e. The minimum atomic E-state index is 0.300. The maximum absolute atomic E-state index is 5.90. The van der Waals surface area contributed by atoms with Gasteiger partial charge in [-0.15, -0.1) is 0 Å². The van der Waals surface area contributed by atoms with Crippen LogP contribution >= 0.6 is 0 Å². The van der Waals surface area contributed by atoms with E-state index in [-0.39, 0.29) is 0 Å². The van der Waals surface area contributed by atoms with Crippen molar-refractivity contribution in [1.29, 1.82) is 0 Å². The highest BCUT2D eigenvalue weighted by atomic mass is 16.7. The van der Waals surface area contributed by atoms with Crippen LogP contribution in [-0.2, 0) is 17.6 Å². The molecular weight excluding hydrogens is 320 g/mol. The zero-order valence-corrected chi connectivity index (χ0v) is 17.8. The molecule has 0 aliphatic rings. The van der Waals surface area contributed by atoms with Crippen LogP contribution in [0.25, 0.3) is 0 Å². The zero-order valence-electron chi connectivity index (χ0n) is 17.8. The fraction of sp³-hybridized carbons (Fsp3) is 0.583. The molecule has 0 saturated carbocycles. The van der Waals surface area contributed by atoms with Gasteiger partial charge in [0.25, 0.3) is 0 Å². The second-order valence-electron chi connectivity index (χ2n) is 7.47. The monoisotopic (exact) mass is 358 g/mol. The highest BCUT2D eigenvalue weighted by Gasteiger charge is 2.09. The van der Waals surface area contributed by atoms with Gasteiger partial charge in [0.05, 0.1) is 0 Å². The van der Waals surface area contributed by atoms with E-state index in [9.17, 15) is 0 Å². The molecule has 0 aromatic heterocycles. The third-order valence-electron chi connectivity index (χ3n) is 4.64. The Balaban J connectivity index is 2.88. The van der Waals surface area contributed by atoms with E-state index in [1.165, 1.54) is 47.1 Å². The summed E-state index contributed by atoms with van der Waals surface area (Å²) in [5.74, 6) is 0.978. The molecule has 0 aliphatic carbocycles. The van der Waals surface area contributed by atoms with Gasteiger partial charge in [-0.05, 0) is 77.0 Å². The van der Waals surface area contributed by atoms with Gasteiger partial charge >= 0.3 is 0 Å². The van der Waals surface area contributed by atoms with Crippen molar-refractivity contribution in [2.75, 3.05) is 13.9 Å². The molecule has 0 radical (unpaired) electrons. The first-order valence-electron chi connectivity index (χ1n) is 10.0. The topological polar surface area (TPSA) is 18.5 Å². The predicted molar refractivity (Wildman–Crippen MR) is 113 cm³/mol. The third-order valence-corrected chi connectivity index (χ3v) is 4.64. The minimum absolute atomic E-state index is 0.300. The first kappa shape index (κ1) is 22.5. The Kier molecular flexibility index (Phi) is 11.0. The fourth-order valence-electron chi connectivity index (χ4n) is 3.06. The lowest BCUT2D eigenvalue weighted by atomic mass is 9.97. The van der Waals surface area contributed by atoms with E-state index in [2.05, 4.69) is 58.9 Å². The summed E-state index contributed by atoms with van der Waals surface area (Å²) >= 11 is 0. The van der Waals surface area contributed by atoms with Gasteiger partial charge in [0.15, 0.2) is 6.79 Å². The summed E-state index contributed by atoms with van der Waals surface area (Å²) in [5.41, 5.74) is 6.80. The quantitative estimate of drug-likeness (QED) is 0.229. The lowest BCUT2D eigenvalue weighted by Gasteiger charge is -2.15. The smallest absolute Gasteiger partial charge is 0.188 e. The number of rotatable bonds is 12. The molecule has 146 valence electrons. The number of benzene rings is 1. The summed E-state index contributed by atoms with van der Waals surface area (Å²) in [4.78, 5) is 0. The fourth-order valence-corrected chi connectivity index (χ4v) is 3.06. The van der Waals surface area contributed by atoms with E-state index in [1.807, 2.05) is 0 Å². The standard InChI is InChI=1S/C24H38O2/c1-7-8-9-13-22-16-21(5)23(24(17-22)26-18-25-6)15-14-20(4)12-10-11-19(2)3/h11,14,16-17H,7-10,12-13,15,18H2,1-6H3/b20-14+. The molecule has 0 heterocycles. The van der Waals surface area contributed by atoms with Gasteiger partial charge in [0, 0.05) is 12.7 Å². The minimum Gasteiger partial charge on any atom is -0.467 e. The first-order chi connectivity index (χ1) is 12.5. The molecule has 1 aromatic rings. The zero-order chi connectivity index (χ0) is 19.4. The number of ether oxygens (including phenoxy) is 2. The molecule has 0 amide bonds. The van der Waals surface area contributed by atoms with Gasteiger partial charge in [-0.25, -0.2) is 0 Å². The van der Waals surface area contributed by atoms with E-state index >= 15 is 0 Å². The maximum atomic E-state index is 5.90. The number of methoxy groups -OCH3 is 1. The lowest BCUT2D eigenvalue weighted by Crippen LogP contribution is -2.04. The summed E-state index contributed by atoms with van der Waals surface area (Å²) in [6.45, 7) is 11.3. The van der Waals surface area contributed by atoms with Crippen LogP contribution in [0.15, 0.2) is 35.4 Å². The molecule has 2 heteroatoms. The number of unbranched alkanes of at least 4 members (excludes halogenated alkanes) is 2. The molecule has 0 atom stereocenters. The Morgan fingerprint density at radius 1 is 1.08 bits per heavy atom. The van der Waals surface area contributed by atoms with E-state index < -0.39 is 0 Å². The second kappa shape index (κ2) is 12.8. The third kappa shape index (κ3) is 8.71. The summed E-state index contributed by atoms with van der Waals surface area (Å²) in [6, 6.07) is 4.54. The molecule has 1 aromatic carbocycles. The number of allylic oxidation sites excluding steroid dienone is 4. The highest BCUT2D eigenvalue weighted by Crippen LogP contribution is 2.27. The molecule has 1 rings (SSSR count). The summed E-state index contributed by atoms with van der Waals surface area (Å²) in [7, 11) is 1.67. The van der Waals surface area contributed by atoms with Crippen LogP contribution in [-0.4, -0.2) is 13.9 Å². The van der Waals surface area contributed by atoms with Gasteiger partial charge in [0.2, 0.25) is 0 Å². The number of hydrogen-bond donors (Lipinski definition) is 0. The maximum Gasteiger partial charge on any atom is 0.188 e. The number of aryl methyl sites for hydroxylation is 2. The molecule has 0 fully saturated rings. The van der Waals surface area contributed by atoms with Crippen molar-refractivity contribution in [1.82, 2.24) is 0 Å². The SMILES string of the molecule is CCCCCc1cc(C)c(C/C=C(\C)CCC=C(C)C)c(OCOC)c1. The molecule has 0 saturated heterocycles. The van der Waals surface area contributed by atoms with Gasteiger partial charge < -0.3 is 9.47 Å². The average molecular weight is 359 g/mol. The Bertz CT molecular complexity index is 592. The van der Waals surface area contributed by atoms with Crippen molar-refractivity contribution in [2.24, 2.45) is 0 Å². The molecule has 0 aliphatic heterocycles. The molecule has 2 nitrogen and oxygen atoms in total. The normalized spacial score (nSPS) is 11.5. The van der Waals surface area contributed by atoms with Crippen LogP contribution < -0.4 is 4.74 Å². The van der Waals surface area contributed by atoms with Crippen LogP contribution in [0, 0.1) is 6.92 Å². The van der Waals surface area contributed by atoms with Crippen LogP contribution in [0.4, 0.5) is 0 Å². The Hall–Kier alpha value is -1.54. The summed E-state index contributed by atoms with van der Waals surface area (Å²) in [6.07, 6.45) is 12.7. The lowest BCUT2D eigenvalue weighted by molar-refractivity contribution is 0.0504. The molecule has 0 spiro atoms. The van der Waals surface area contributed by atoms with Gasteiger partial charge in [-0.2, -0.15) is 0 Å². The first-order valence-corrected chi connectivity index (χ1v) is 10.0. The van der Waals surface area contributed by atoms with Crippen LogP contribution in [0.2, 0.25) is 0 Å². The predicted octanol–water partition coefficient (Wildman–Crippen LogP) is 6.95. The molecule has 26 heavy (non-hydrogen) atoms. The van der Waals surface area contributed by atoms with E-state index in [4.69, 9.17) is 9.47 Å². The molecular formula is C24H38O2. The van der Waals surface area contributed by atoms with E-state index in [0.29, 0.717) is 6.79 Å².